The van der Waals surface area contributed by atoms with Gasteiger partial charge >= 0.3 is 0 Å². The molecule has 2 N–H and O–H groups in total. The number of nitrogens with zero attached hydrogens (tertiary/aromatic N) is 1. The minimum Gasteiger partial charge on any atom is -0.497 e. The Bertz CT molecular complexity index is 586. The molecule has 0 saturated carbocycles. The first-order valence-electron chi connectivity index (χ1n) is 9.99. The second-order valence-corrected chi connectivity index (χ2v) is 7.62. The van der Waals surface area contributed by atoms with Crippen LogP contribution in [0.1, 0.15) is 49.9 Å². The smallest absolute Gasteiger partial charge is 0.255 e. The van der Waals surface area contributed by atoms with Crippen molar-refractivity contribution < 1.29 is 19.4 Å². The van der Waals surface area contributed by atoms with E-state index in [1.54, 1.807) is 25.3 Å². The van der Waals surface area contributed by atoms with Crippen molar-refractivity contribution >= 4 is 5.91 Å². The van der Waals surface area contributed by atoms with E-state index in [1.165, 1.54) is 19.3 Å². The van der Waals surface area contributed by atoms with Gasteiger partial charge in [0.2, 0.25) is 0 Å². The molecule has 0 aliphatic carbocycles. The molecule has 1 amide bonds. The molecule has 1 heterocycles. The number of amides is 1. The van der Waals surface area contributed by atoms with E-state index in [4.69, 9.17) is 9.47 Å². The predicted octanol–water partition coefficient (Wildman–Crippen LogP) is 2.70. The van der Waals surface area contributed by atoms with Crippen LogP contribution in [0, 0.1) is 5.92 Å². The fourth-order valence-corrected chi connectivity index (χ4v) is 3.15. The number of piperidine rings is 1. The fourth-order valence-electron chi connectivity index (χ4n) is 3.15. The van der Waals surface area contributed by atoms with Crippen LogP contribution in [0.2, 0.25) is 0 Å². The van der Waals surface area contributed by atoms with Gasteiger partial charge in [0.15, 0.2) is 0 Å². The highest BCUT2D eigenvalue weighted by molar-refractivity contribution is 5.97. The van der Waals surface area contributed by atoms with E-state index in [0.29, 0.717) is 36.1 Å². The Kier molecular flexibility index (Phi) is 8.88. The van der Waals surface area contributed by atoms with Crippen LogP contribution in [0.5, 0.6) is 11.5 Å². The number of aliphatic hydroxyl groups excluding tert-OH is 1. The van der Waals surface area contributed by atoms with Crippen LogP contribution in [0.25, 0.3) is 0 Å². The molecular weight excluding hydrogens is 344 g/mol. The zero-order chi connectivity index (χ0) is 19.6. The largest absolute Gasteiger partial charge is 0.497 e. The summed E-state index contributed by atoms with van der Waals surface area (Å²) < 4.78 is 11.1. The van der Waals surface area contributed by atoms with Gasteiger partial charge in [-0.15, -0.1) is 0 Å². The number of rotatable bonds is 10. The number of methoxy groups -OCH3 is 1. The fraction of sp³-hybridized carbons (Fsp3) is 0.667. The summed E-state index contributed by atoms with van der Waals surface area (Å²) in [6, 6.07) is 5.18. The van der Waals surface area contributed by atoms with E-state index >= 15 is 0 Å². The second-order valence-electron chi connectivity index (χ2n) is 7.62. The summed E-state index contributed by atoms with van der Waals surface area (Å²) in [5.41, 5.74) is 0.463. The standard InChI is InChI=1S/C21H34N2O4/c1-16(2)9-12-27-20-13-18(26-3)7-8-19(20)21(25)22-14-17(24)15-23-10-5-4-6-11-23/h7-8,13,16-17,24H,4-6,9-12,14-15H2,1-3H3,(H,22,25). The molecule has 1 atom stereocenters. The number of aliphatic hydroxyl groups is 1. The van der Waals surface area contributed by atoms with Crippen molar-refractivity contribution in [3.8, 4) is 11.5 Å². The van der Waals surface area contributed by atoms with E-state index in [2.05, 4.69) is 24.1 Å². The van der Waals surface area contributed by atoms with Gasteiger partial charge in [-0.25, -0.2) is 0 Å². The van der Waals surface area contributed by atoms with Crippen LogP contribution in [0.15, 0.2) is 18.2 Å². The Hall–Kier alpha value is -1.79. The number of hydrogen-bond acceptors (Lipinski definition) is 5. The molecule has 2 rings (SSSR count). The zero-order valence-corrected chi connectivity index (χ0v) is 16.9. The minimum atomic E-state index is -0.574. The van der Waals surface area contributed by atoms with Crippen molar-refractivity contribution in [3.63, 3.8) is 0 Å². The highest BCUT2D eigenvalue weighted by atomic mass is 16.5. The van der Waals surface area contributed by atoms with Crippen molar-refractivity contribution in [1.82, 2.24) is 10.2 Å². The molecule has 1 aromatic carbocycles. The highest BCUT2D eigenvalue weighted by Gasteiger charge is 2.18. The van der Waals surface area contributed by atoms with E-state index in [1.807, 2.05) is 0 Å². The average molecular weight is 379 g/mol. The van der Waals surface area contributed by atoms with Gasteiger partial charge in [-0.2, -0.15) is 0 Å². The Morgan fingerprint density at radius 3 is 2.67 bits per heavy atom. The molecule has 1 fully saturated rings. The summed E-state index contributed by atoms with van der Waals surface area (Å²) in [4.78, 5) is 14.9. The maximum Gasteiger partial charge on any atom is 0.255 e. The summed E-state index contributed by atoms with van der Waals surface area (Å²) >= 11 is 0. The van der Waals surface area contributed by atoms with Crippen LogP contribution in [-0.4, -0.2) is 61.9 Å². The van der Waals surface area contributed by atoms with Gasteiger partial charge < -0.3 is 24.8 Å². The lowest BCUT2D eigenvalue weighted by Gasteiger charge is -2.28. The second kappa shape index (κ2) is 11.1. The number of benzene rings is 1. The topological polar surface area (TPSA) is 71.0 Å². The normalized spacial score (nSPS) is 16.2. The van der Waals surface area contributed by atoms with E-state index in [0.717, 1.165) is 19.5 Å². The van der Waals surface area contributed by atoms with Gasteiger partial charge in [0.05, 0.1) is 25.4 Å². The van der Waals surface area contributed by atoms with Crippen molar-refractivity contribution in [1.29, 1.82) is 0 Å². The van der Waals surface area contributed by atoms with E-state index < -0.39 is 6.10 Å². The zero-order valence-electron chi connectivity index (χ0n) is 16.9. The Morgan fingerprint density at radius 1 is 1.26 bits per heavy atom. The number of β-amino-alcohol motifs (C(OH)–C–C–N with tert-alkyl or cyclic N) is 1. The van der Waals surface area contributed by atoms with Crippen LogP contribution in [0.4, 0.5) is 0 Å². The lowest BCUT2D eigenvalue weighted by molar-refractivity contribution is 0.0827. The molecule has 1 aromatic rings. The lowest BCUT2D eigenvalue weighted by Crippen LogP contribution is -2.42. The first-order chi connectivity index (χ1) is 13.0. The molecular formula is C21H34N2O4. The quantitative estimate of drug-likeness (QED) is 0.655. The van der Waals surface area contributed by atoms with Crippen molar-refractivity contribution in [2.45, 2.75) is 45.6 Å². The van der Waals surface area contributed by atoms with Crippen LogP contribution in [0.3, 0.4) is 0 Å². The van der Waals surface area contributed by atoms with Gasteiger partial charge in [0.25, 0.3) is 5.91 Å². The first-order valence-corrected chi connectivity index (χ1v) is 9.99. The molecule has 152 valence electrons. The molecule has 0 bridgehead atoms. The number of nitrogens with one attached hydrogen (secondary N) is 1. The monoisotopic (exact) mass is 378 g/mol. The third-order valence-electron chi connectivity index (χ3n) is 4.80. The van der Waals surface area contributed by atoms with Gasteiger partial charge in [0.1, 0.15) is 11.5 Å². The SMILES string of the molecule is COc1ccc(C(=O)NCC(O)CN2CCCCC2)c(OCCC(C)C)c1. The number of hydrogen-bond donors (Lipinski definition) is 2. The van der Waals surface area contributed by atoms with Crippen molar-refractivity contribution in [2.24, 2.45) is 5.92 Å². The maximum atomic E-state index is 12.6. The molecule has 27 heavy (non-hydrogen) atoms. The van der Waals surface area contributed by atoms with Gasteiger partial charge in [-0.05, 0) is 50.4 Å². The molecule has 6 heteroatoms. The molecule has 0 radical (unpaired) electrons. The van der Waals surface area contributed by atoms with E-state index in [-0.39, 0.29) is 12.5 Å². The van der Waals surface area contributed by atoms with Crippen LogP contribution >= 0.6 is 0 Å². The molecule has 0 spiro atoms. The van der Waals surface area contributed by atoms with Gasteiger partial charge in [-0.1, -0.05) is 20.3 Å². The highest BCUT2D eigenvalue weighted by Crippen LogP contribution is 2.25. The Labute approximate surface area is 162 Å². The number of ether oxygens (including phenoxy) is 2. The number of carbonyl (C=O) groups excluding carboxylic acids is 1. The summed E-state index contributed by atoms with van der Waals surface area (Å²) in [6.45, 7) is 7.68. The van der Waals surface area contributed by atoms with Gasteiger partial charge in [0, 0.05) is 19.2 Å². The Morgan fingerprint density at radius 2 is 2.00 bits per heavy atom. The van der Waals surface area contributed by atoms with Crippen molar-refractivity contribution in [3.05, 3.63) is 23.8 Å². The number of likely N-dealkylation sites (tertiary alicyclic amines) is 1. The molecule has 6 nitrogen and oxygen atoms in total. The average Bonchev–Trinajstić information content (AvgIpc) is 2.66. The molecule has 1 aliphatic rings. The lowest BCUT2D eigenvalue weighted by atomic mass is 10.1. The van der Waals surface area contributed by atoms with Crippen molar-refractivity contribution in [2.75, 3.05) is 39.9 Å². The summed E-state index contributed by atoms with van der Waals surface area (Å²) in [6.07, 6.45) is 3.97. The van der Waals surface area contributed by atoms with Gasteiger partial charge in [-0.3, -0.25) is 4.79 Å². The summed E-state index contributed by atoms with van der Waals surface area (Å²) in [7, 11) is 1.59. The third kappa shape index (κ3) is 7.39. The first kappa shape index (κ1) is 21.5. The van der Waals surface area contributed by atoms with Crippen LogP contribution < -0.4 is 14.8 Å². The molecule has 1 unspecified atom stereocenters. The van der Waals surface area contributed by atoms with E-state index in [9.17, 15) is 9.90 Å². The minimum absolute atomic E-state index is 0.229. The summed E-state index contributed by atoms with van der Waals surface area (Å²) in [5.74, 6) is 1.45. The molecule has 1 aliphatic heterocycles. The Balaban J connectivity index is 1.91. The predicted molar refractivity (Wildman–Crippen MR) is 107 cm³/mol. The maximum absolute atomic E-state index is 12.6. The third-order valence-corrected chi connectivity index (χ3v) is 4.80. The number of carbonyl (C=O) groups is 1. The molecule has 0 aromatic heterocycles. The summed E-state index contributed by atoms with van der Waals surface area (Å²) in [5, 5.41) is 13.1. The van der Waals surface area contributed by atoms with Crippen LogP contribution in [-0.2, 0) is 0 Å². The molecule has 1 saturated heterocycles.